The van der Waals surface area contributed by atoms with Crippen LogP contribution < -0.4 is 0 Å². The van der Waals surface area contributed by atoms with Gasteiger partial charge in [-0.2, -0.15) is 0 Å². The Morgan fingerprint density at radius 2 is 2.31 bits per heavy atom. The van der Waals surface area contributed by atoms with E-state index in [1.807, 2.05) is 6.92 Å². The van der Waals surface area contributed by atoms with Gasteiger partial charge in [0.1, 0.15) is 0 Å². The summed E-state index contributed by atoms with van der Waals surface area (Å²) >= 11 is 3.19. The molecule has 0 aliphatic heterocycles. The van der Waals surface area contributed by atoms with Crippen molar-refractivity contribution in [3.05, 3.63) is 22.6 Å². The van der Waals surface area contributed by atoms with Gasteiger partial charge in [-0.3, -0.25) is 4.79 Å². The molecule has 0 radical (unpaired) electrons. The highest BCUT2D eigenvalue weighted by atomic mass is 79.9. The quantitative estimate of drug-likeness (QED) is 0.779. The molecule has 0 spiro atoms. The predicted molar refractivity (Wildman–Crippen MR) is 63.5 cm³/mol. The molecule has 1 fully saturated rings. The molecule has 0 bridgehead atoms. The smallest absolute Gasteiger partial charge is 0.198 e. The minimum atomic E-state index is 0.0886. The van der Waals surface area contributed by atoms with E-state index < -0.39 is 0 Å². The van der Waals surface area contributed by atoms with Crippen LogP contribution in [0.2, 0.25) is 0 Å². The molecule has 16 heavy (non-hydrogen) atoms. The van der Waals surface area contributed by atoms with E-state index in [1.165, 1.54) is 0 Å². The standard InChI is InChI=1S/C12H15BrO3/c1-2-15-9-5-8(6-9)7-10(14)11-3-4-12(13)16-11/h3-4,8-9H,2,5-7H2,1H3. The van der Waals surface area contributed by atoms with Gasteiger partial charge < -0.3 is 9.15 Å². The topological polar surface area (TPSA) is 39.4 Å². The summed E-state index contributed by atoms with van der Waals surface area (Å²) in [5.41, 5.74) is 0. The minimum Gasteiger partial charge on any atom is -0.446 e. The highest BCUT2D eigenvalue weighted by Gasteiger charge is 2.31. The van der Waals surface area contributed by atoms with Crippen molar-refractivity contribution in [3.63, 3.8) is 0 Å². The van der Waals surface area contributed by atoms with Gasteiger partial charge in [0, 0.05) is 13.0 Å². The molecule has 2 rings (SSSR count). The van der Waals surface area contributed by atoms with Crippen molar-refractivity contribution in [1.82, 2.24) is 0 Å². The van der Waals surface area contributed by atoms with Crippen LogP contribution in [-0.4, -0.2) is 18.5 Å². The summed E-state index contributed by atoms with van der Waals surface area (Å²) in [5, 5.41) is 0. The third-order valence-corrected chi connectivity index (χ3v) is 3.34. The molecule has 0 amide bonds. The van der Waals surface area contributed by atoms with Gasteiger partial charge in [-0.05, 0) is 53.7 Å². The first-order valence-corrected chi connectivity index (χ1v) is 6.38. The second kappa shape index (κ2) is 5.15. The van der Waals surface area contributed by atoms with Crippen molar-refractivity contribution < 1.29 is 13.9 Å². The van der Waals surface area contributed by atoms with E-state index in [1.54, 1.807) is 12.1 Å². The molecule has 1 saturated carbocycles. The van der Waals surface area contributed by atoms with Crippen LogP contribution in [0.25, 0.3) is 0 Å². The molecule has 1 aliphatic rings. The van der Waals surface area contributed by atoms with Crippen LogP contribution in [0.4, 0.5) is 0 Å². The van der Waals surface area contributed by atoms with E-state index in [2.05, 4.69) is 15.9 Å². The summed E-state index contributed by atoms with van der Waals surface area (Å²) in [6.45, 7) is 2.76. The molecule has 0 aromatic carbocycles. The summed E-state index contributed by atoms with van der Waals surface area (Å²) in [6.07, 6.45) is 2.94. The molecular formula is C12H15BrO3. The van der Waals surface area contributed by atoms with E-state index in [-0.39, 0.29) is 5.78 Å². The van der Waals surface area contributed by atoms with Gasteiger partial charge >= 0.3 is 0 Å². The van der Waals surface area contributed by atoms with Gasteiger partial charge in [-0.1, -0.05) is 0 Å². The number of halogens is 1. The fourth-order valence-corrected chi connectivity index (χ4v) is 2.35. The van der Waals surface area contributed by atoms with Gasteiger partial charge in [0.25, 0.3) is 0 Å². The van der Waals surface area contributed by atoms with Crippen molar-refractivity contribution in [2.75, 3.05) is 6.61 Å². The summed E-state index contributed by atoms with van der Waals surface area (Å²) in [6, 6.07) is 3.46. The average Bonchev–Trinajstić information content (AvgIpc) is 2.61. The first-order valence-electron chi connectivity index (χ1n) is 5.59. The fourth-order valence-electron chi connectivity index (χ4n) is 2.04. The Labute approximate surface area is 103 Å². The van der Waals surface area contributed by atoms with E-state index in [0.29, 0.717) is 28.9 Å². The van der Waals surface area contributed by atoms with Crippen LogP contribution >= 0.6 is 15.9 Å². The van der Waals surface area contributed by atoms with Crippen LogP contribution in [0.15, 0.2) is 21.2 Å². The normalized spacial score (nSPS) is 24.1. The monoisotopic (exact) mass is 286 g/mol. The summed E-state index contributed by atoms with van der Waals surface area (Å²) in [7, 11) is 0. The van der Waals surface area contributed by atoms with Crippen LogP contribution in [0.3, 0.4) is 0 Å². The first-order chi connectivity index (χ1) is 7.69. The molecular weight excluding hydrogens is 272 g/mol. The van der Waals surface area contributed by atoms with Crippen LogP contribution in [0, 0.1) is 5.92 Å². The maximum Gasteiger partial charge on any atom is 0.198 e. The van der Waals surface area contributed by atoms with Gasteiger partial charge in [0.2, 0.25) is 0 Å². The number of hydrogen-bond acceptors (Lipinski definition) is 3. The Morgan fingerprint density at radius 3 is 2.88 bits per heavy atom. The first kappa shape index (κ1) is 11.9. The van der Waals surface area contributed by atoms with Gasteiger partial charge in [-0.25, -0.2) is 0 Å². The number of furan rings is 1. The van der Waals surface area contributed by atoms with E-state index in [4.69, 9.17) is 9.15 Å². The summed E-state index contributed by atoms with van der Waals surface area (Å²) in [5.74, 6) is 1.00. The van der Waals surface area contributed by atoms with Gasteiger partial charge in [0.15, 0.2) is 16.2 Å². The Morgan fingerprint density at radius 1 is 1.56 bits per heavy atom. The molecule has 0 saturated heterocycles. The van der Waals surface area contributed by atoms with Crippen molar-refractivity contribution in [3.8, 4) is 0 Å². The average molecular weight is 287 g/mol. The number of hydrogen-bond donors (Lipinski definition) is 0. The lowest BCUT2D eigenvalue weighted by molar-refractivity contribution is -0.0247. The highest BCUT2D eigenvalue weighted by molar-refractivity contribution is 9.10. The molecule has 0 atom stereocenters. The fraction of sp³-hybridized carbons (Fsp3) is 0.583. The summed E-state index contributed by atoms with van der Waals surface area (Å²) in [4.78, 5) is 11.8. The van der Waals surface area contributed by atoms with Crippen molar-refractivity contribution in [1.29, 1.82) is 0 Å². The lowest BCUT2D eigenvalue weighted by Crippen LogP contribution is -2.32. The molecule has 4 heteroatoms. The zero-order chi connectivity index (χ0) is 11.5. The Bertz CT molecular complexity index is 366. The van der Waals surface area contributed by atoms with Crippen molar-refractivity contribution in [2.45, 2.75) is 32.3 Å². The maximum atomic E-state index is 11.8. The molecule has 3 nitrogen and oxygen atoms in total. The lowest BCUT2D eigenvalue weighted by atomic mass is 9.79. The molecule has 88 valence electrons. The number of Topliss-reactive ketones (excluding diaryl/α,β-unsaturated/α-hetero) is 1. The highest BCUT2D eigenvalue weighted by Crippen LogP contribution is 2.33. The molecule has 1 aliphatic carbocycles. The Balaban J connectivity index is 1.77. The predicted octanol–water partition coefficient (Wildman–Crippen LogP) is 3.43. The number of rotatable bonds is 5. The lowest BCUT2D eigenvalue weighted by Gasteiger charge is -2.34. The van der Waals surface area contributed by atoms with E-state index in [9.17, 15) is 4.79 Å². The van der Waals surface area contributed by atoms with Crippen molar-refractivity contribution in [2.24, 2.45) is 5.92 Å². The largest absolute Gasteiger partial charge is 0.446 e. The zero-order valence-corrected chi connectivity index (χ0v) is 10.8. The molecule has 1 aromatic heterocycles. The molecule has 0 unspecified atom stereocenters. The third kappa shape index (κ3) is 2.74. The molecule has 1 heterocycles. The number of carbonyl (C=O) groups excluding carboxylic acids is 1. The van der Waals surface area contributed by atoms with Gasteiger partial charge in [-0.15, -0.1) is 0 Å². The SMILES string of the molecule is CCOC1CC(CC(=O)c2ccc(Br)o2)C1. The van der Waals surface area contributed by atoms with Crippen LogP contribution in [-0.2, 0) is 4.74 Å². The third-order valence-electron chi connectivity index (χ3n) is 2.92. The number of ketones is 1. The Hall–Kier alpha value is -0.610. The number of carbonyl (C=O) groups is 1. The van der Waals surface area contributed by atoms with E-state index >= 15 is 0 Å². The van der Waals surface area contributed by atoms with Gasteiger partial charge in [0.05, 0.1) is 6.10 Å². The van der Waals surface area contributed by atoms with E-state index in [0.717, 1.165) is 19.4 Å². The number of ether oxygens (including phenoxy) is 1. The second-order valence-corrected chi connectivity index (χ2v) is 4.93. The maximum absolute atomic E-state index is 11.8. The second-order valence-electron chi connectivity index (χ2n) is 4.15. The molecule has 1 aromatic rings. The Kier molecular flexibility index (Phi) is 3.82. The van der Waals surface area contributed by atoms with Crippen LogP contribution in [0.5, 0.6) is 0 Å². The molecule has 0 N–H and O–H groups in total. The summed E-state index contributed by atoms with van der Waals surface area (Å²) < 4.78 is 11.3. The zero-order valence-electron chi connectivity index (χ0n) is 9.24. The van der Waals surface area contributed by atoms with Crippen molar-refractivity contribution >= 4 is 21.7 Å². The van der Waals surface area contributed by atoms with Crippen LogP contribution in [0.1, 0.15) is 36.7 Å². The minimum absolute atomic E-state index is 0.0886.